The fourth-order valence-electron chi connectivity index (χ4n) is 4.27. The fourth-order valence-corrected chi connectivity index (χ4v) is 4.27. The number of carbonyl (C=O) groups excluding carboxylic acids is 1. The van der Waals surface area contributed by atoms with Crippen LogP contribution in [0.1, 0.15) is 44.2 Å². The van der Waals surface area contributed by atoms with Crippen molar-refractivity contribution in [2.45, 2.75) is 51.9 Å². The Hall–Kier alpha value is -2.61. The van der Waals surface area contributed by atoms with Gasteiger partial charge in [-0.3, -0.25) is 0 Å². The molecule has 156 valence electrons. The first-order valence-electron chi connectivity index (χ1n) is 10.1. The van der Waals surface area contributed by atoms with Gasteiger partial charge in [0.15, 0.2) is 0 Å². The highest BCUT2D eigenvalue weighted by molar-refractivity contribution is 5.90. The van der Waals surface area contributed by atoms with E-state index in [2.05, 4.69) is 10.5 Å². The highest BCUT2D eigenvalue weighted by atomic mass is 19.1. The minimum absolute atomic E-state index is 0.0461. The van der Waals surface area contributed by atoms with E-state index in [0.717, 1.165) is 24.3 Å². The van der Waals surface area contributed by atoms with Gasteiger partial charge < -0.3 is 24.4 Å². The van der Waals surface area contributed by atoms with E-state index in [-0.39, 0.29) is 30.1 Å². The molecule has 7 nitrogen and oxygen atoms in total. The van der Waals surface area contributed by atoms with Gasteiger partial charge in [-0.1, -0.05) is 5.16 Å². The highest BCUT2D eigenvalue weighted by Crippen LogP contribution is 2.32. The maximum Gasteiger partial charge on any atom is 0.322 e. The zero-order chi connectivity index (χ0) is 20.5. The number of hydrogen-bond acceptors (Lipinski definition) is 5. The maximum absolute atomic E-state index is 14.8. The maximum atomic E-state index is 14.8. The van der Waals surface area contributed by atoms with Crippen LogP contribution in [0.15, 0.2) is 28.8 Å². The molecule has 2 fully saturated rings. The Balaban J connectivity index is 1.45. The summed E-state index contributed by atoms with van der Waals surface area (Å²) in [6.45, 7) is 7.71. The van der Waals surface area contributed by atoms with Crippen LogP contribution < -0.4 is 10.2 Å². The monoisotopic (exact) mass is 402 g/mol. The van der Waals surface area contributed by atoms with Gasteiger partial charge in [-0.05, 0) is 51.8 Å². The lowest BCUT2D eigenvalue weighted by molar-refractivity contribution is -0.00539. The van der Waals surface area contributed by atoms with Gasteiger partial charge in [-0.25, -0.2) is 9.18 Å². The molecular weight excluding hydrogens is 375 g/mol. The number of rotatable bonds is 3. The quantitative estimate of drug-likeness (QED) is 0.837. The molecule has 0 spiro atoms. The molecule has 4 rings (SSSR count). The number of nitrogens with one attached hydrogen (secondary N) is 1. The molecule has 2 amide bonds. The molecule has 2 aliphatic heterocycles. The van der Waals surface area contributed by atoms with Crippen molar-refractivity contribution in [1.82, 2.24) is 10.1 Å². The van der Waals surface area contributed by atoms with E-state index in [1.54, 1.807) is 17.0 Å². The Morgan fingerprint density at radius 3 is 2.66 bits per heavy atom. The second-order valence-electron chi connectivity index (χ2n) is 7.97. The first-order chi connectivity index (χ1) is 13.9. The average Bonchev–Trinajstić information content (AvgIpc) is 3.29. The summed E-state index contributed by atoms with van der Waals surface area (Å²) < 4.78 is 25.7. The lowest BCUT2D eigenvalue weighted by atomic mass is 10.1. The normalized spacial score (nSPS) is 24.8. The molecule has 3 atom stereocenters. The second kappa shape index (κ2) is 8.02. The molecule has 2 aliphatic rings. The van der Waals surface area contributed by atoms with E-state index in [1.807, 2.05) is 31.7 Å². The van der Waals surface area contributed by atoms with E-state index in [1.165, 1.54) is 6.07 Å². The average molecular weight is 402 g/mol. The molecule has 1 N–H and O–H groups in total. The van der Waals surface area contributed by atoms with E-state index in [4.69, 9.17) is 9.26 Å². The van der Waals surface area contributed by atoms with Crippen molar-refractivity contribution in [3.63, 3.8) is 0 Å². The van der Waals surface area contributed by atoms with Crippen LogP contribution in [0.4, 0.5) is 20.6 Å². The summed E-state index contributed by atoms with van der Waals surface area (Å²) in [5.74, 6) is 0.367. The summed E-state index contributed by atoms with van der Waals surface area (Å²) in [4.78, 5) is 16.5. The Bertz CT molecular complexity index is 877. The predicted molar refractivity (Wildman–Crippen MR) is 108 cm³/mol. The highest BCUT2D eigenvalue weighted by Gasteiger charge is 2.32. The number of aromatic nitrogens is 1. The molecule has 0 bridgehead atoms. The number of ether oxygens (including phenoxy) is 1. The molecule has 0 aliphatic carbocycles. The van der Waals surface area contributed by atoms with E-state index in [0.29, 0.717) is 31.0 Å². The summed E-state index contributed by atoms with van der Waals surface area (Å²) in [6.07, 6.45) is 1.82. The molecule has 3 unspecified atom stereocenters. The van der Waals surface area contributed by atoms with Gasteiger partial charge in [-0.15, -0.1) is 0 Å². The van der Waals surface area contributed by atoms with Gasteiger partial charge in [0.1, 0.15) is 17.3 Å². The zero-order valence-electron chi connectivity index (χ0n) is 17.0. The van der Waals surface area contributed by atoms with Crippen LogP contribution in [0.5, 0.6) is 0 Å². The van der Waals surface area contributed by atoms with E-state index >= 15 is 0 Å². The SMILES string of the molecule is Cc1cc(C2CCCN2C(=O)Nc2ccc(N3CC(C)OC(C)C3)c(F)c2)no1. The predicted octanol–water partition coefficient (Wildman–Crippen LogP) is 4.10. The van der Waals surface area contributed by atoms with Crippen LogP contribution in [0.25, 0.3) is 0 Å². The fraction of sp³-hybridized carbons (Fsp3) is 0.524. The second-order valence-corrected chi connectivity index (χ2v) is 7.97. The van der Waals surface area contributed by atoms with Crippen molar-refractivity contribution >= 4 is 17.4 Å². The Morgan fingerprint density at radius 1 is 1.24 bits per heavy atom. The van der Waals surface area contributed by atoms with Gasteiger partial charge in [0.05, 0.1) is 23.9 Å². The Labute approximate surface area is 169 Å². The van der Waals surface area contributed by atoms with Crippen LogP contribution in [-0.2, 0) is 4.74 Å². The van der Waals surface area contributed by atoms with Crippen LogP contribution >= 0.6 is 0 Å². The van der Waals surface area contributed by atoms with Gasteiger partial charge in [0.2, 0.25) is 0 Å². The van der Waals surface area contributed by atoms with Gasteiger partial charge in [0, 0.05) is 31.4 Å². The number of likely N-dealkylation sites (tertiary alicyclic amines) is 1. The smallest absolute Gasteiger partial charge is 0.322 e. The van der Waals surface area contributed by atoms with Gasteiger partial charge >= 0.3 is 6.03 Å². The largest absolute Gasteiger partial charge is 0.372 e. The first kappa shape index (κ1) is 19.7. The number of hydrogen-bond donors (Lipinski definition) is 1. The minimum Gasteiger partial charge on any atom is -0.372 e. The van der Waals surface area contributed by atoms with Crippen LogP contribution in [0.3, 0.4) is 0 Å². The number of anilines is 2. The molecule has 1 aromatic carbocycles. The Morgan fingerprint density at radius 2 is 2.00 bits per heavy atom. The van der Waals surface area contributed by atoms with E-state index in [9.17, 15) is 9.18 Å². The van der Waals surface area contributed by atoms with Crippen molar-refractivity contribution in [1.29, 1.82) is 0 Å². The molecule has 1 aromatic heterocycles. The molecule has 2 aromatic rings. The number of halogens is 1. The summed E-state index contributed by atoms with van der Waals surface area (Å²) in [5.41, 5.74) is 1.72. The number of nitrogens with zero attached hydrogens (tertiary/aromatic N) is 3. The molecule has 0 radical (unpaired) electrons. The molecule has 8 heteroatoms. The van der Waals surface area contributed by atoms with Gasteiger partial charge in [0.25, 0.3) is 0 Å². The number of benzene rings is 1. The van der Waals surface area contributed by atoms with E-state index < -0.39 is 0 Å². The lowest BCUT2D eigenvalue weighted by Crippen LogP contribution is -2.45. The molecule has 2 saturated heterocycles. The molecule has 3 heterocycles. The van der Waals surface area contributed by atoms with Crippen molar-refractivity contribution in [2.75, 3.05) is 29.9 Å². The third-order valence-corrected chi connectivity index (χ3v) is 5.46. The van der Waals surface area contributed by atoms with Crippen molar-refractivity contribution in [3.8, 4) is 0 Å². The van der Waals surface area contributed by atoms with Crippen molar-refractivity contribution in [3.05, 3.63) is 41.5 Å². The summed E-state index contributed by atoms with van der Waals surface area (Å²) in [7, 11) is 0. The number of morpholine rings is 1. The topological polar surface area (TPSA) is 70.8 Å². The standard InChI is InChI=1S/C21H27FN4O3/c1-13-9-18(24-29-13)20-5-4-8-26(20)21(27)23-16-6-7-19(17(22)10-16)25-11-14(2)28-15(3)12-25/h6-7,9-10,14-15,20H,4-5,8,11-12H2,1-3H3,(H,23,27). The van der Waals surface area contributed by atoms with Gasteiger partial charge in [-0.2, -0.15) is 0 Å². The summed E-state index contributed by atoms with van der Waals surface area (Å²) in [5, 5.41) is 6.88. The zero-order valence-corrected chi connectivity index (χ0v) is 17.0. The van der Waals surface area contributed by atoms with Crippen LogP contribution in [-0.4, -0.2) is 47.9 Å². The van der Waals surface area contributed by atoms with Crippen molar-refractivity contribution in [2.24, 2.45) is 0 Å². The number of amides is 2. The third kappa shape index (κ3) is 4.22. The number of aryl methyl sites for hydroxylation is 1. The van der Waals surface area contributed by atoms with Crippen LogP contribution in [0.2, 0.25) is 0 Å². The number of urea groups is 1. The number of carbonyl (C=O) groups is 1. The lowest BCUT2D eigenvalue weighted by Gasteiger charge is -2.37. The van der Waals surface area contributed by atoms with Crippen molar-refractivity contribution < 1.29 is 18.4 Å². The summed E-state index contributed by atoms with van der Waals surface area (Å²) >= 11 is 0. The molecule has 29 heavy (non-hydrogen) atoms. The molecule has 0 saturated carbocycles. The summed E-state index contributed by atoms with van der Waals surface area (Å²) in [6, 6.07) is 6.32. The third-order valence-electron chi connectivity index (χ3n) is 5.46. The first-order valence-corrected chi connectivity index (χ1v) is 10.1. The van der Waals surface area contributed by atoms with Crippen LogP contribution in [0, 0.1) is 12.7 Å². The molecular formula is C21H27FN4O3. The Kier molecular flexibility index (Phi) is 5.45. The minimum atomic E-state index is -0.353.